The molecule has 1 rings (SSSR count). The van der Waals surface area contributed by atoms with Gasteiger partial charge < -0.3 is 20.1 Å². The number of halogens is 1. The highest BCUT2D eigenvalue weighted by atomic mass is 19.1. The predicted molar refractivity (Wildman–Crippen MR) is 74.8 cm³/mol. The van der Waals surface area contributed by atoms with E-state index in [-0.39, 0.29) is 19.1 Å². The Bertz CT molecular complexity index is 501. The molecular formula is C14H19FN2O3. The van der Waals surface area contributed by atoms with Crippen LogP contribution in [0.2, 0.25) is 0 Å². The Hall–Kier alpha value is -2.08. The molecule has 0 aromatic heterocycles. The molecule has 0 aliphatic rings. The molecule has 0 atom stereocenters. The number of benzene rings is 1. The summed E-state index contributed by atoms with van der Waals surface area (Å²) in [6.07, 6.45) is 0.427. The topological polar surface area (TPSA) is 64.8 Å². The molecular weight excluding hydrogens is 263 g/mol. The molecule has 20 heavy (non-hydrogen) atoms. The van der Waals surface area contributed by atoms with Crippen molar-refractivity contribution in [3.63, 3.8) is 0 Å². The predicted octanol–water partition coefficient (Wildman–Crippen LogP) is 1.59. The van der Waals surface area contributed by atoms with E-state index in [2.05, 4.69) is 0 Å². The number of nitrogens with two attached hydrogens (primary N) is 1. The van der Waals surface area contributed by atoms with Gasteiger partial charge in [-0.1, -0.05) is 0 Å². The van der Waals surface area contributed by atoms with Crippen LogP contribution < -0.4 is 15.2 Å². The van der Waals surface area contributed by atoms with Gasteiger partial charge in [-0.25, -0.2) is 4.39 Å². The molecule has 0 unspecified atom stereocenters. The zero-order valence-electron chi connectivity index (χ0n) is 11.9. The van der Waals surface area contributed by atoms with Crippen molar-refractivity contribution in [2.45, 2.75) is 0 Å². The van der Waals surface area contributed by atoms with Crippen molar-refractivity contribution in [2.75, 3.05) is 34.4 Å². The highest BCUT2D eigenvalue weighted by molar-refractivity contribution is 5.94. The van der Waals surface area contributed by atoms with Crippen LogP contribution in [-0.2, 0) is 0 Å². The van der Waals surface area contributed by atoms with Gasteiger partial charge >= 0.3 is 0 Å². The second-order valence-electron chi connectivity index (χ2n) is 4.33. The van der Waals surface area contributed by atoms with Gasteiger partial charge in [-0.2, -0.15) is 0 Å². The second-order valence-corrected chi connectivity index (χ2v) is 4.33. The van der Waals surface area contributed by atoms with Gasteiger partial charge in [-0.15, -0.1) is 0 Å². The van der Waals surface area contributed by atoms with Gasteiger partial charge in [0, 0.05) is 31.8 Å². The average Bonchev–Trinajstić information content (AvgIpc) is 2.47. The largest absolute Gasteiger partial charge is 0.493 e. The Morgan fingerprint density at radius 1 is 1.40 bits per heavy atom. The van der Waals surface area contributed by atoms with Gasteiger partial charge in [0.05, 0.1) is 13.4 Å². The van der Waals surface area contributed by atoms with Crippen molar-refractivity contribution in [1.82, 2.24) is 4.90 Å². The molecule has 0 radical (unpaired) electrons. The van der Waals surface area contributed by atoms with Crippen molar-refractivity contribution in [3.8, 4) is 11.5 Å². The molecule has 6 heteroatoms. The Kier molecular flexibility index (Phi) is 5.99. The first kappa shape index (κ1) is 16.0. The molecule has 0 bridgehead atoms. The van der Waals surface area contributed by atoms with Crippen LogP contribution in [0.1, 0.15) is 10.4 Å². The van der Waals surface area contributed by atoms with E-state index in [0.717, 1.165) is 0 Å². The van der Waals surface area contributed by atoms with Crippen molar-refractivity contribution >= 4 is 5.91 Å². The van der Waals surface area contributed by atoms with Gasteiger partial charge in [0.15, 0.2) is 11.5 Å². The zero-order valence-corrected chi connectivity index (χ0v) is 11.9. The Labute approximate surface area is 117 Å². The van der Waals surface area contributed by atoms with Crippen LogP contribution in [0.4, 0.5) is 4.39 Å². The first-order valence-electron chi connectivity index (χ1n) is 6.04. The normalized spacial score (nSPS) is 11.2. The lowest BCUT2D eigenvalue weighted by atomic mass is 10.2. The zero-order chi connectivity index (χ0) is 15.1. The summed E-state index contributed by atoms with van der Waals surface area (Å²) in [6.45, 7) is 0.111. The third-order valence-corrected chi connectivity index (χ3v) is 2.65. The van der Waals surface area contributed by atoms with E-state index in [1.165, 1.54) is 12.0 Å². The molecule has 2 N–H and O–H groups in total. The quantitative estimate of drug-likeness (QED) is 0.860. The summed E-state index contributed by atoms with van der Waals surface area (Å²) in [4.78, 5) is 13.3. The van der Waals surface area contributed by atoms with Crippen molar-refractivity contribution in [2.24, 2.45) is 5.73 Å². The third-order valence-electron chi connectivity index (χ3n) is 2.65. The van der Waals surface area contributed by atoms with Gasteiger partial charge in [0.2, 0.25) is 0 Å². The standard InChI is InChI=1S/C14H19FN2O3/c1-17(2)14(18)11-4-5-12(13(6-11)19-3)20-9-10(7-15)8-16/h4-7H,8-9,16H2,1-3H3/b10-7+. The van der Waals surface area contributed by atoms with Gasteiger partial charge in [-0.3, -0.25) is 4.79 Å². The summed E-state index contributed by atoms with van der Waals surface area (Å²) in [5.41, 5.74) is 6.16. The molecule has 5 nitrogen and oxygen atoms in total. The van der Waals surface area contributed by atoms with Crippen LogP contribution in [0.5, 0.6) is 11.5 Å². The number of nitrogens with zero attached hydrogens (tertiary/aromatic N) is 1. The number of carbonyl (C=O) groups excluding carboxylic acids is 1. The maximum atomic E-state index is 12.4. The lowest BCUT2D eigenvalue weighted by Crippen LogP contribution is -2.21. The highest BCUT2D eigenvalue weighted by Crippen LogP contribution is 2.28. The summed E-state index contributed by atoms with van der Waals surface area (Å²) < 4.78 is 23.0. The summed E-state index contributed by atoms with van der Waals surface area (Å²) >= 11 is 0. The molecule has 0 heterocycles. The Balaban J connectivity index is 2.91. The summed E-state index contributed by atoms with van der Waals surface area (Å²) in [6, 6.07) is 4.82. The molecule has 110 valence electrons. The molecule has 0 spiro atoms. The monoisotopic (exact) mass is 282 g/mol. The van der Waals surface area contributed by atoms with E-state index in [4.69, 9.17) is 15.2 Å². The Morgan fingerprint density at radius 3 is 2.60 bits per heavy atom. The van der Waals surface area contributed by atoms with Crippen molar-refractivity contribution in [1.29, 1.82) is 0 Å². The van der Waals surface area contributed by atoms with E-state index in [1.54, 1.807) is 32.3 Å². The van der Waals surface area contributed by atoms with Gasteiger partial charge in [-0.05, 0) is 18.2 Å². The van der Waals surface area contributed by atoms with Crippen LogP contribution >= 0.6 is 0 Å². The SMILES string of the molecule is COc1cc(C(=O)N(C)C)ccc1OC/C(=C/F)CN. The number of ether oxygens (including phenoxy) is 2. The van der Waals surface area contributed by atoms with Crippen LogP contribution in [-0.4, -0.2) is 45.2 Å². The minimum absolute atomic E-state index is 0.0321. The van der Waals surface area contributed by atoms with Crippen molar-refractivity contribution in [3.05, 3.63) is 35.7 Å². The number of amides is 1. The number of hydrogen-bond acceptors (Lipinski definition) is 4. The van der Waals surface area contributed by atoms with Crippen LogP contribution in [0, 0.1) is 0 Å². The Morgan fingerprint density at radius 2 is 2.10 bits per heavy atom. The number of methoxy groups -OCH3 is 1. The molecule has 0 aliphatic heterocycles. The first-order chi connectivity index (χ1) is 9.53. The number of hydrogen-bond donors (Lipinski definition) is 1. The molecule has 1 aromatic rings. The smallest absolute Gasteiger partial charge is 0.253 e. The van der Waals surface area contributed by atoms with E-state index in [0.29, 0.717) is 29.0 Å². The van der Waals surface area contributed by atoms with E-state index < -0.39 is 0 Å². The summed E-state index contributed by atoms with van der Waals surface area (Å²) in [7, 11) is 4.80. The van der Waals surface area contributed by atoms with E-state index in [1.807, 2.05) is 0 Å². The minimum atomic E-state index is -0.138. The molecule has 0 saturated carbocycles. The minimum Gasteiger partial charge on any atom is -0.493 e. The number of rotatable bonds is 6. The number of carbonyl (C=O) groups is 1. The van der Waals surface area contributed by atoms with Crippen LogP contribution in [0.15, 0.2) is 30.1 Å². The maximum Gasteiger partial charge on any atom is 0.253 e. The molecule has 0 fully saturated rings. The van der Waals surface area contributed by atoms with E-state index >= 15 is 0 Å². The average molecular weight is 282 g/mol. The van der Waals surface area contributed by atoms with E-state index in [9.17, 15) is 9.18 Å². The molecule has 1 aromatic carbocycles. The maximum absolute atomic E-state index is 12.4. The van der Waals surface area contributed by atoms with Gasteiger partial charge in [0.1, 0.15) is 6.61 Å². The molecule has 0 saturated heterocycles. The third kappa shape index (κ3) is 3.96. The summed E-state index contributed by atoms with van der Waals surface area (Å²) in [5, 5.41) is 0. The molecule has 1 amide bonds. The fraction of sp³-hybridized carbons (Fsp3) is 0.357. The fourth-order valence-corrected chi connectivity index (χ4v) is 1.48. The van der Waals surface area contributed by atoms with Crippen LogP contribution in [0.3, 0.4) is 0 Å². The second kappa shape index (κ2) is 7.49. The highest BCUT2D eigenvalue weighted by Gasteiger charge is 2.12. The lowest BCUT2D eigenvalue weighted by Gasteiger charge is -2.14. The van der Waals surface area contributed by atoms with Crippen molar-refractivity contribution < 1.29 is 18.7 Å². The summed E-state index contributed by atoms with van der Waals surface area (Å²) in [5.74, 6) is 0.699. The molecule has 0 aliphatic carbocycles. The van der Waals surface area contributed by atoms with Gasteiger partial charge in [0.25, 0.3) is 5.91 Å². The first-order valence-corrected chi connectivity index (χ1v) is 6.04. The lowest BCUT2D eigenvalue weighted by molar-refractivity contribution is 0.0827. The van der Waals surface area contributed by atoms with Crippen LogP contribution in [0.25, 0.3) is 0 Å². The fourth-order valence-electron chi connectivity index (χ4n) is 1.48.